The zero-order chi connectivity index (χ0) is 13.0. The molecule has 1 atom stereocenters. The molecule has 18 heavy (non-hydrogen) atoms. The lowest BCUT2D eigenvalue weighted by Crippen LogP contribution is -2.44. The molecule has 0 bridgehead atoms. The van der Waals surface area contributed by atoms with E-state index in [2.05, 4.69) is 4.98 Å². The minimum absolute atomic E-state index is 0.0457. The Labute approximate surface area is 108 Å². The highest BCUT2D eigenvalue weighted by atomic mass is 16.3. The maximum absolute atomic E-state index is 12.4. The number of carbonyl (C=O) groups excluding carboxylic acids is 1. The minimum Gasteiger partial charge on any atom is -0.396 e. The Hall–Kier alpha value is -1.42. The van der Waals surface area contributed by atoms with Gasteiger partial charge < -0.3 is 10.0 Å². The fraction of sp³-hybridized carbons (Fsp3) is 0.571. The first-order valence-corrected chi connectivity index (χ1v) is 6.56. The van der Waals surface area contributed by atoms with Gasteiger partial charge in [0.2, 0.25) is 0 Å². The van der Waals surface area contributed by atoms with Crippen LogP contribution in [0.2, 0.25) is 0 Å². The number of likely N-dealkylation sites (tertiary alicyclic amines) is 1. The second-order valence-electron chi connectivity index (χ2n) is 4.91. The number of carbonyl (C=O) groups is 1. The van der Waals surface area contributed by atoms with E-state index >= 15 is 0 Å². The first-order chi connectivity index (χ1) is 8.72. The van der Waals surface area contributed by atoms with Crippen molar-refractivity contribution in [1.82, 2.24) is 9.88 Å². The average molecular weight is 248 g/mol. The fourth-order valence-corrected chi connectivity index (χ4v) is 2.55. The Balaban J connectivity index is 2.15. The van der Waals surface area contributed by atoms with Crippen LogP contribution in [0.3, 0.4) is 0 Å². The molecule has 1 saturated heterocycles. The smallest absolute Gasteiger partial charge is 0.255 e. The molecular weight excluding hydrogens is 228 g/mol. The number of nitrogens with zero attached hydrogens (tertiary/aromatic N) is 2. The molecule has 2 heterocycles. The summed E-state index contributed by atoms with van der Waals surface area (Å²) in [6, 6.07) is 2.05. The lowest BCUT2D eigenvalue weighted by atomic mass is 9.98. The van der Waals surface area contributed by atoms with Gasteiger partial charge in [0.05, 0.1) is 5.56 Å². The molecule has 2 rings (SSSR count). The first-order valence-electron chi connectivity index (χ1n) is 6.56. The summed E-state index contributed by atoms with van der Waals surface area (Å²) >= 11 is 0. The maximum Gasteiger partial charge on any atom is 0.255 e. The van der Waals surface area contributed by atoms with Crippen LogP contribution < -0.4 is 0 Å². The number of rotatable bonds is 3. The number of aliphatic hydroxyl groups is 1. The number of aryl methyl sites for hydroxylation is 1. The SMILES string of the molecule is Cc1cncc(C(=O)N2CCCCC2CCO)c1. The predicted molar refractivity (Wildman–Crippen MR) is 69.4 cm³/mol. The summed E-state index contributed by atoms with van der Waals surface area (Å²) in [6.07, 6.45) is 7.22. The largest absolute Gasteiger partial charge is 0.396 e. The Morgan fingerprint density at radius 3 is 3.06 bits per heavy atom. The summed E-state index contributed by atoms with van der Waals surface area (Å²) in [4.78, 5) is 18.4. The maximum atomic E-state index is 12.4. The van der Waals surface area contributed by atoms with Crippen LogP contribution in [0.1, 0.15) is 41.6 Å². The van der Waals surface area contributed by atoms with Gasteiger partial charge in [0, 0.05) is 31.6 Å². The number of hydrogen-bond acceptors (Lipinski definition) is 3. The molecular formula is C14H20N2O2. The van der Waals surface area contributed by atoms with Crippen LogP contribution in [-0.2, 0) is 0 Å². The molecule has 1 fully saturated rings. The average Bonchev–Trinajstić information content (AvgIpc) is 2.39. The zero-order valence-electron chi connectivity index (χ0n) is 10.8. The molecule has 1 aromatic rings. The Morgan fingerprint density at radius 1 is 1.50 bits per heavy atom. The Bertz CT molecular complexity index is 418. The number of aromatic nitrogens is 1. The second kappa shape index (κ2) is 5.96. The number of pyridine rings is 1. The summed E-state index contributed by atoms with van der Waals surface area (Å²) in [7, 11) is 0. The van der Waals surface area contributed by atoms with Crippen molar-refractivity contribution in [3.8, 4) is 0 Å². The van der Waals surface area contributed by atoms with E-state index in [1.54, 1.807) is 12.4 Å². The predicted octanol–water partition coefficient (Wildman–Crippen LogP) is 1.77. The second-order valence-corrected chi connectivity index (χ2v) is 4.91. The van der Waals surface area contributed by atoms with Crippen LogP contribution in [0.5, 0.6) is 0 Å². The summed E-state index contributed by atoms with van der Waals surface area (Å²) < 4.78 is 0. The molecule has 0 radical (unpaired) electrons. The minimum atomic E-state index is 0.0457. The molecule has 98 valence electrons. The third-order valence-corrected chi connectivity index (χ3v) is 3.47. The van der Waals surface area contributed by atoms with Crippen molar-refractivity contribution < 1.29 is 9.90 Å². The van der Waals surface area contributed by atoms with Crippen molar-refractivity contribution >= 4 is 5.91 Å². The van der Waals surface area contributed by atoms with Crippen LogP contribution in [-0.4, -0.2) is 40.1 Å². The molecule has 1 amide bonds. The van der Waals surface area contributed by atoms with Crippen molar-refractivity contribution in [3.63, 3.8) is 0 Å². The van der Waals surface area contributed by atoms with Crippen molar-refractivity contribution in [2.24, 2.45) is 0 Å². The van der Waals surface area contributed by atoms with Crippen LogP contribution in [0.25, 0.3) is 0 Å². The number of amides is 1. The van der Waals surface area contributed by atoms with Crippen LogP contribution in [0.15, 0.2) is 18.5 Å². The standard InChI is InChI=1S/C14H20N2O2/c1-11-8-12(10-15-9-11)14(18)16-6-3-2-4-13(16)5-7-17/h8-10,13,17H,2-7H2,1H3. The first kappa shape index (κ1) is 13.0. The third kappa shape index (κ3) is 2.88. The van der Waals surface area contributed by atoms with E-state index in [0.29, 0.717) is 12.0 Å². The Kier molecular flexibility index (Phi) is 4.31. The van der Waals surface area contributed by atoms with Crippen LogP contribution >= 0.6 is 0 Å². The molecule has 1 N–H and O–H groups in total. The van der Waals surface area contributed by atoms with E-state index in [1.165, 1.54) is 0 Å². The van der Waals surface area contributed by atoms with Gasteiger partial charge in [0.15, 0.2) is 0 Å². The van der Waals surface area contributed by atoms with E-state index in [9.17, 15) is 4.79 Å². The molecule has 0 saturated carbocycles. The van der Waals surface area contributed by atoms with Crippen molar-refractivity contribution in [2.75, 3.05) is 13.2 Å². The summed E-state index contributed by atoms with van der Waals surface area (Å²) in [5.74, 6) is 0.0457. The topological polar surface area (TPSA) is 53.4 Å². The van der Waals surface area contributed by atoms with Crippen LogP contribution in [0.4, 0.5) is 0 Å². The highest BCUT2D eigenvalue weighted by Crippen LogP contribution is 2.21. The highest BCUT2D eigenvalue weighted by molar-refractivity contribution is 5.94. The molecule has 0 aromatic carbocycles. The lowest BCUT2D eigenvalue weighted by Gasteiger charge is -2.35. The van der Waals surface area contributed by atoms with Gasteiger partial charge in [0.25, 0.3) is 5.91 Å². The van der Waals surface area contributed by atoms with Gasteiger partial charge in [-0.15, -0.1) is 0 Å². The van der Waals surface area contributed by atoms with E-state index < -0.39 is 0 Å². The van der Waals surface area contributed by atoms with E-state index in [0.717, 1.165) is 31.4 Å². The number of aliphatic hydroxyl groups excluding tert-OH is 1. The van der Waals surface area contributed by atoms with Crippen LogP contribution in [0, 0.1) is 6.92 Å². The summed E-state index contributed by atoms with van der Waals surface area (Å²) in [5.41, 5.74) is 1.65. The number of hydrogen-bond donors (Lipinski definition) is 1. The van der Waals surface area contributed by atoms with Gasteiger partial charge in [0.1, 0.15) is 0 Å². The molecule has 4 heteroatoms. The van der Waals surface area contributed by atoms with E-state index in [-0.39, 0.29) is 18.6 Å². The van der Waals surface area contributed by atoms with E-state index in [4.69, 9.17) is 5.11 Å². The van der Waals surface area contributed by atoms with Gasteiger partial charge in [-0.3, -0.25) is 9.78 Å². The van der Waals surface area contributed by atoms with Gasteiger partial charge in [-0.2, -0.15) is 0 Å². The van der Waals surface area contributed by atoms with Crippen molar-refractivity contribution in [2.45, 2.75) is 38.6 Å². The van der Waals surface area contributed by atoms with Gasteiger partial charge in [-0.1, -0.05) is 0 Å². The monoisotopic (exact) mass is 248 g/mol. The molecule has 0 spiro atoms. The third-order valence-electron chi connectivity index (χ3n) is 3.47. The van der Waals surface area contributed by atoms with Crippen molar-refractivity contribution in [3.05, 3.63) is 29.6 Å². The molecule has 1 aliphatic rings. The van der Waals surface area contributed by atoms with Gasteiger partial charge >= 0.3 is 0 Å². The molecule has 1 aromatic heterocycles. The quantitative estimate of drug-likeness (QED) is 0.887. The highest BCUT2D eigenvalue weighted by Gasteiger charge is 2.27. The summed E-state index contributed by atoms with van der Waals surface area (Å²) in [5, 5.41) is 9.08. The molecule has 1 unspecified atom stereocenters. The van der Waals surface area contributed by atoms with Gasteiger partial charge in [-0.25, -0.2) is 0 Å². The zero-order valence-corrected chi connectivity index (χ0v) is 10.8. The van der Waals surface area contributed by atoms with Gasteiger partial charge in [-0.05, 0) is 44.2 Å². The lowest BCUT2D eigenvalue weighted by molar-refractivity contribution is 0.0574. The molecule has 0 aliphatic carbocycles. The number of piperidine rings is 1. The van der Waals surface area contributed by atoms with Crippen molar-refractivity contribution in [1.29, 1.82) is 0 Å². The Morgan fingerprint density at radius 2 is 2.33 bits per heavy atom. The molecule has 1 aliphatic heterocycles. The molecule has 4 nitrogen and oxygen atoms in total. The van der Waals surface area contributed by atoms with E-state index in [1.807, 2.05) is 17.9 Å². The normalized spacial score (nSPS) is 19.9. The fourth-order valence-electron chi connectivity index (χ4n) is 2.55. The summed E-state index contributed by atoms with van der Waals surface area (Å²) in [6.45, 7) is 2.86.